The fourth-order valence-electron chi connectivity index (χ4n) is 1.34. The summed E-state index contributed by atoms with van der Waals surface area (Å²) in [6.45, 7) is 2.11. The Morgan fingerprint density at radius 1 is 0.941 bits per heavy atom. The summed E-state index contributed by atoms with van der Waals surface area (Å²) in [4.78, 5) is 1.32. The van der Waals surface area contributed by atoms with Gasteiger partial charge in [0.25, 0.3) is 0 Å². The van der Waals surface area contributed by atoms with Gasteiger partial charge in [0, 0.05) is 15.1 Å². The third-order valence-corrected chi connectivity index (χ3v) is 5.16. The van der Waals surface area contributed by atoms with E-state index in [1.165, 1.54) is 16.0 Å². The maximum absolute atomic E-state index is 3.45. The predicted molar refractivity (Wildman–Crippen MR) is 82.5 cm³/mol. The smallest absolute Gasteiger partial charge is 0.0292 e. The summed E-state index contributed by atoms with van der Waals surface area (Å²) in [5.74, 6) is 1.03. The molecule has 0 aromatic heterocycles. The van der Waals surface area contributed by atoms with Crippen molar-refractivity contribution in [2.24, 2.45) is 0 Å². The molecule has 2 aromatic rings. The molecule has 0 aliphatic rings. The van der Waals surface area contributed by atoms with Crippen molar-refractivity contribution in [2.45, 2.75) is 17.6 Å². The van der Waals surface area contributed by atoms with Crippen LogP contribution < -0.4 is 0 Å². The highest BCUT2D eigenvalue weighted by atomic mass is 79.9. The third-order valence-electron chi connectivity index (χ3n) is 2.31. The Labute approximate surface area is 119 Å². The molecular weight excluding hydrogens is 312 g/mol. The molecule has 88 valence electrons. The van der Waals surface area contributed by atoms with Gasteiger partial charge >= 0.3 is 0 Å². The highest BCUT2D eigenvalue weighted by Gasteiger charge is 1.97. The number of hydrogen-bond donors (Lipinski definition) is 0. The molecule has 0 heterocycles. The van der Waals surface area contributed by atoms with Crippen LogP contribution in [-0.4, -0.2) is 0 Å². The third kappa shape index (κ3) is 4.41. The van der Waals surface area contributed by atoms with Crippen molar-refractivity contribution in [1.29, 1.82) is 0 Å². The zero-order valence-electron chi connectivity index (χ0n) is 9.52. The molecule has 0 saturated heterocycles. The summed E-state index contributed by atoms with van der Waals surface area (Å²) in [5, 5.41) is 0. The average molecular weight is 325 g/mol. The van der Waals surface area contributed by atoms with Crippen LogP contribution in [0.2, 0.25) is 0 Å². The molecule has 0 fully saturated rings. The molecule has 0 spiro atoms. The normalized spacial score (nSPS) is 10.5. The average Bonchev–Trinajstić information content (AvgIpc) is 2.34. The van der Waals surface area contributed by atoms with Crippen molar-refractivity contribution in [1.82, 2.24) is 0 Å². The first-order chi connectivity index (χ1) is 8.24. The van der Waals surface area contributed by atoms with Gasteiger partial charge in [-0.3, -0.25) is 0 Å². The van der Waals surface area contributed by atoms with E-state index < -0.39 is 0 Å². The molecule has 0 aliphatic heterocycles. The van der Waals surface area contributed by atoms with E-state index in [0.29, 0.717) is 0 Å². The molecule has 0 N–H and O–H groups in total. The van der Waals surface area contributed by atoms with Crippen LogP contribution in [0.3, 0.4) is 0 Å². The zero-order chi connectivity index (χ0) is 12.1. The lowest BCUT2D eigenvalue weighted by Crippen LogP contribution is -1.77. The topological polar surface area (TPSA) is 0 Å². The van der Waals surface area contributed by atoms with Gasteiger partial charge in [0.15, 0.2) is 0 Å². The fourth-order valence-corrected chi connectivity index (χ4v) is 3.70. The summed E-state index contributed by atoms with van der Waals surface area (Å²) in [7, 11) is 3.71. The minimum atomic E-state index is 1.03. The van der Waals surface area contributed by atoms with Crippen molar-refractivity contribution < 1.29 is 0 Å². The molecule has 0 bridgehead atoms. The molecule has 2 rings (SSSR count). The van der Waals surface area contributed by atoms with Crippen molar-refractivity contribution in [3.63, 3.8) is 0 Å². The Kier molecular flexibility index (Phi) is 5.01. The molecule has 0 amide bonds. The van der Waals surface area contributed by atoms with Gasteiger partial charge < -0.3 is 0 Å². The van der Waals surface area contributed by atoms with Crippen LogP contribution in [0.25, 0.3) is 0 Å². The lowest BCUT2D eigenvalue weighted by molar-refractivity contribution is 1.38. The lowest BCUT2D eigenvalue weighted by Gasteiger charge is -2.02. The van der Waals surface area contributed by atoms with Crippen molar-refractivity contribution in [3.8, 4) is 0 Å². The summed E-state index contributed by atoms with van der Waals surface area (Å²) >= 11 is 3.45. The van der Waals surface area contributed by atoms with Gasteiger partial charge in [-0.15, -0.1) is 0 Å². The molecule has 0 aliphatic carbocycles. The summed E-state index contributed by atoms with van der Waals surface area (Å²) in [5.41, 5.74) is 2.67. The Hall–Kier alpha value is -0.380. The second-order valence-corrected chi connectivity index (χ2v) is 7.07. The Balaban J connectivity index is 1.83. The molecule has 3 heteroatoms. The standard InChI is InChI=1S/C14H13BrS2/c1-11-2-8-14(9-3-11)17-16-10-12-4-6-13(15)7-5-12/h2-9H,10H2,1H3. The quantitative estimate of drug-likeness (QED) is 0.662. The second kappa shape index (κ2) is 6.53. The van der Waals surface area contributed by atoms with E-state index in [9.17, 15) is 0 Å². The maximum Gasteiger partial charge on any atom is 0.0292 e. The molecule has 2 aromatic carbocycles. The van der Waals surface area contributed by atoms with Crippen LogP contribution in [0.5, 0.6) is 0 Å². The van der Waals surface area contributed by atoms with Crippen LogP contribution in [0, 0.1) is 6.92 Å². The van der Waals surface area contributed by atoms with E-state index in [-0.39, 0.29) is 0 Å². The van der Waals surface area contributed by atoms with Crippen molar-refractivity contribution >= 4 is 37.5 Å². The molecule has 0 radical (unpaired) electrons. The Morgan fingerprint density at radius 3 is 2.24 bits per heavy atom. The highest BCUT2D eigenvalue weighted by molar-refractivity contribution is 9.10. The predicted octanol–water partition coefficient (Wildman–Crippen LogP) is 5.70. The first-order valence-electron chi connectivity index (χ1n) is 5.34. The Bertz CT molecular complexity index is 417. The number of rotatable bonds is 4. The van der Waals surface area contributed by atoms with Gasteiger partial charge in [-0.25, -0.2) is 0 Å². The fraction of sp³-hybridized carbons (Fsp3) is 0.143. The first kappa shape index (κ1) is 13.1. The molecule has 17 heavy (non-hydrogen) atoms. The largest absolute Gasteiger partial charge is 0.0841 e. The summed E-state index contributed by atoms with van der Waals surface area (Å²) in [6.07, 6.45) is 0. The summed E-state index contributed by atoms with van der Waals surface area (Å²) < 4.78 is 1.14. The summed E-state index contributed by atoms with van der Waals surface area (Å²) in [6, 6.07) is 17.2. The van der Waals surface area contributed by atoms with E-state index >= 15 is 0 Å². The van der Waals surface area contributed by atoms with Crippen molar-refractivity contribution in [2.75, 3.05) is 0 Å². The monoisotopic (exact) mass is 324 g/mol. The van der Waals surface area contributed by atoms with E-state index in [2.05, 4.69) is 71.4 Å². The van der Waals surface area contributed by atoms with E-state index in [1.54, 1.807) is 0 Å². The van der Waals surface area contributed by atoms with Gasteiger partial charge in [-0.1, -0.05) is 67.3 Å². The highest BCUT2D eigenvalue weighted by Crippen LogP contribution is 2.33. The number of hydrogen-bond acceptors (Lipinski definition) is 2. The van der Waals surface area contributed by atoms with Crippen LogP contribution >= 0.6 is 37.5 Å². The first-order valence-corrected chi connectivity index (χ1v) is 8.46. The maximum atomic E-state index is 3.45. The zero-order valence-corrected chi connectivity index (χ0v) is 12.7. The van der Waals surface area contributed by atoms with Gasteiger partial charge in [0.1, 0.15) is 0 Å². The van der Waals surface area contributed by atoms with Crippen LogP contribution in [0.4, 0.5) is 0 Å². The van der Waals surface area contributed by atoms with Crippen LogP contribution in [-0.2, 0) is 5.75 Å². The number of halogens is 1. The molecule has 0 saturated carbocycles. The van der Waals surface area contributed by atoms with E-state index in [4.69, 9.17) is 0 Å². The molecular formula is C14H13BrS2. The Morgan fingerprint density at radius 2 is 1.59 bits per heavy atom. The van der Waals surface area contributed by atoms with Gasteiger partial charge in [-0.05, 0) is 36.8 Å². The van der Waals surface area contributed by atoms with Crippen LogP contribution in [0.15, 0.2) is 57.9 Å². The van der Waals surface area contributed by atoms with Gasteiger partial charge in [-0.2, -0.15) is 0 Å². The molecule has 0 unspecified atom stereocenters. The lowest BCUT2D eigenvalue weighted by atomic mass is 10.2. The molecule has 0 nitrogen and oxygen atoms in total. The second-order valence-electron chi connectivity index (χ2n) is 3.79. The SMILES string of the molecule is Cc1ccc(SSCc2ccc(Br)cc2)cc1. The van der Waals surface area contributed by atoms with Crippen molar-refractivity contribution in [3.05, 3.63) is 64.1 Å². The van der Waals surface area contributed by atoms with Gasteiger partial charge in [0.2, 0.25) is 0 Å². The van der Waals surface area contributed by atoms with E-state index in [0.717, 1.165) is 10.2 Å². The number of benzene rings is 2. The minimum absolute atomic E-state index is 1.03. The van der Waals surface area contributed by atoms with Gasteiger partial charge in [0.05, 0.1) is 0 Å². The minimum Gasteiger partial charge on any atom is -0.0841 e. The number of aryl methyl sites for hydroxylation is 1. The van der Waals surface area contributed by atoms with E-state index in [1.807, 2.05) is 21.6 Å². The van der Waals surface area contributed by atoms with Crippen LogP contribution in [0.1, 0.15) is 11.1 Å². The molecule has 0 atom stereocenters.